The number of benzene rings is 2. The second kappa shape index (κ2) is 6.08. The van der Waals surface area contributed by atoms with E-state index in [4.69, 9.17) is 4.74 Å². The summed E-state index contributed by atoms with van der Waals surface area (Å²) in [5.41, 5.74) is 3.09. The molecule has 2 aromatic rings. The van der Waals surface area contributed by atoms with E-state index in [9.17, 15) is 5.11 Å². The molecular weight excluding hydrogens is 330 g/mol. The molecule has 0 radical (unpaired) electrons. The molecule has 21 heavy (non-hydrogen) atoms. The second-order valence-electron chi connectivity index (χ2n) is 5.20. The van der Waals surface area contributed by atoms with Gasteiger partial charge in [-0.3, -0.25) is 0 Å². The molecular formula is C17H18BrNO2. The second-order valence-corrected chi connectivity index (χ2v) is 6.06. The smallest absolute Gasteiger partial charge is 0.142 e. The molecule has 4 heteroatoms. The molecule has 1 atom stereocenters. The summed E-state index contributed by atoms with van der Waals surface area (Å²) in [6.45, 7) is 3.42. The van der Waals surface area contributed by atoms with Crippen LogP contribution >= 0.6 is 15.9 Å². The van der Waals surface area contributed by atoms with Crippen LogP contribution in [-0.2, 0) is 0 Å². The lowest BCUT2D eigenvalue weighted by Gasteiger charge is -2.24. The first-order chi connectivity index (χ1) is 10.2. The van der Waals surface area contributed by atoms with E-state index in [1.165, 1.54) is 0 Å². The predicted octanol–water partition coefficient (Wildman–Crippen LogP) is 4.42. The number of halogens is 1. The molecule has 0 spiro atoms. The summed E-state index contributed by atoms with van der Waals surface area (Å²) >= 11 is 3.56. The molecule has 1 N–H and O–H groups in total. The number of anilines is 2. The van der Waals surface area contributed by atoms with E-state index in [1.54, 1.807) is 6.92 Å². The van der Waals surface area contributed by atoms with E-state index < -0.39 is 6.10 Å². The highest BCUT2D eigenvalue weighted by atomic mass is 79.9. The number of ether oxygens (including phenoxy) is 1. The molecule has 110 valence electrons. The van der Waals surface area contributed by atoms with Gasteiger partial charge in [-0.05, 0) is 43.2 Å². The maximum Gasteiger partial charge on any atom is 0.142 e. The van der Waals surface area contributed by atoms with Crippen molar-refractivity contribution in [3.05, 3.63) is 52.5 Å². The Bertz CT molecular complexity index is 642. The summed E-state index contributed by atoms with van der Waals surface area (Å²) in [5, 5.41) is 9.74. The van der Waals surface area contributed by atoms with Crippen LogP contribution in [0, 0.1) is 0 Å². The molecule has 0 bridgehead atoms. The fourth-order valence-electron chi connectivity index (χ4n) is 2.62. The molecule has 3 nitrogen and oxygen atoms in total. The van der Waals surface area contributed by atoms with Crippen LogP contribution in [0.3, 0.4) is 0 Å². The van der Waals surface area contributed by atoms with Gasteiger partial charge in [0.2, 0.25) is 0 Å². The molecule has 0 saturated carbocycles. The first-order valence-corrected chi connectivity index (χ1v) is 7.93. The number of para-hydroxylation sites is 2. The zero-order chi connectivity index (χ0) is 14.8. The highest BCUT2D eigenvalue weighted by Gasteiger charge is 2.18. The van der Waals surface area contributed by atoms with Crippen LogP contribution in [0.5, 0.6) is 5.75 Å². The Balaban J connectivity index is 2.02. The van der Waals surface area contributed by atoms with Crippen molar-refractivity contribution in [3.8, 4) is 5.75 Å². The monoisotopic (exact) mass is 347 g/mol. The lowest BCUT2D eigenvalue weighted by Crippen LogP contribution is -2.17. The Morgan fingerprint density at radius 2 is 2.05 bits per heavy atom. The fraction of sp³-hybridized carbons (Fsp3) is 0.294. The standard InChI is InChI=1S/C17H18BrNO2/c1-12(20)14-8-7-13(11-15(14)18)19-9-4-10-21-17-6-3-2-5-16(17)19/h2-3,5-8,11-12,20H,4,9-10H2,1H3. The van der Waals surface area contributed by atoms with Gasteiger partial charge in [0.15, 0.2) is 0 Å². The minimum absolute atomic E-state index is 0.479. The van der Waals surface area contributed by atoms with E-state index >= 15 is 0 Å². The van der Waals surface area contributed by atoms with Crippen LogP contribution in [0.2, 0.25) is 0 Å². The Labute approximate surface area is 133 Å². The number of hydrogen-bond acceptors (Lipinski definition) is 3. The zero-order valence-electron chi connectivity index (χ0n) is 11.9. The molecule has 1 aliphatic rings. The van der Waals surface area contributed by atoms with Crippen molar-refractivity contribution in [2.45, 2.75) is 19.4 Å². The first-order valence-electron chi connectivity index (χ1n) is 7.13. The van der Waals surface area contributed by atoms with Crippen LogP contribution in [0.15, 0.2) is 46.9 Å². The van der Waals surface area contributed by atoms with Crippen molar-refractivity contribution in [2.24, 2.45) is 0 Å². The minimum atomic E-state index is -0.479. The number of aliphatic hydroxyl groups is 1. The number of rotatable bonds is 2. The molecule has 0 aliphatic carbocycles. The third kappa shape index (κ3) is 2.92. The third-order valence-corrected chi connectivity index (χ3v) is 4.37. The van der Waals surface area contributed by atoms with Crippen molar-refractivity contribution < 1.29 is 9.84 Å². The van der Waals surface area contributed by atoms with Crippen molar-refractivity contribution in [3.63, 3.8) is 0 Å². The Morgan fingerprint density at radius 3 is 2.81 bits per heavy atom. The number of hydrogen-bond donors (Lipinski definition) is 1. The Hall–Kier alpha value is -1.52. The normalized spacial score (nSPS) is 15.9. The largest absolute Gasteiger partial charge is 0.491 e. The van der Waals surface area contributed by atoms with Gasteiger partial charge in [-0.2, -0.15) is 0 Å². The SMILES string of the molecule is CC(O)c1ccc(N2CCCOc3ccccc32)cc1Br. The average Bonchev–Trinajstić information content (AvgIpc) is 2.69. The van der Waals surface area contributed by atoms with Gasteiger partial charge in [-0.15, -0.1) is 0 Å². The summed E-state index contributed by atoms with van der Waals surface area (Å²) < 4.78 is 6.73. The summed E-state index contributed by atoms with van der Waals surface area (Å²) in [5.74, 6) is 0.922. The number of nitrogens with zero attached hydrogens (tertiary/aromatic N) is 1. The Kier molecular flexibility index (Phi) is 4.17. The van der Waals surface area contributed by atoms with E-state index in [1.807, 2.05) is 24.3 Å². The molecule has 0 amide bonds. The van der Waals surface area contributed by atoms with Gasteiger partial charge in [-0.25, -0.2) is 0 Å². The molecule has 1 unspecified atom stereocenters. The lowest BCUT2D eigenvalue weighted by molar-refractivity contribution is 0.198. The van der Waals surface area contributed by atoms with E-state index in [0.29, 0.717) is 0 Å². The van der Waals surface area contributed by atoms with Crippen LogP contribution in [0.4, 0.5) is 11.4 Å². The topological polar surface area (TPSA) is 32.7 Å². The van der Waals surface area contributed by atoms with Crippen molar-refractivity contribution in [2.75, 3.05) is 18.1 Å². The summed E-state index contributed by atoms with van der Waals surface area (Å²) in [6, 6.07) is 14.2. The van der Waals surface area contributed by atoms with Gasteiger partial charge in [0.05, 0.1) is 18.4 Å². The van der Waals surface area contributed by atoms with E-state index in [2.05, 4.69) is 39.0 Å². The molecule has 2 aromatic carbocycles. The van der Waals surface area contributed by atoms with Gasteiger partial charge >= 0.3 is 0 Å². The average molecular weight is 348 g/mol. The van der Waals surface area contributed by atoms with Gasteiger partial charge in [0, 0.05) is 16.7 Å². The molecule has 0 saturated heterocycles. The fourth-order valence-corrected chi connectivity index (χ4v) is 3.32. The van der Waals surface area contributed by atoms with Gasteiger partial charge in [0.25, 0.3) is 0 Å². The zero-order valence-corrected chi connectivity index (χ0v) is 13.5. The van der Waals surface area contributed by atoms with Crippen molar-refractivity contribution in [1.29, 1.82) is 0 Å². The molecule has 1 heterocycles. The quantitative estimate of drug-likeness (QED) is 0.872. The van der Waals surface area contributed by atoms with Gasteiger partial charge in [0.1, 0.15) is 5.75 Å². The van der Waals surface area contributed by atoms with E-state index in [0.717, 1.165) is 46.7 Å². The van der Waals surface area contributed by atoms with Crippen LogP contribution < -0.4 is 9.64 Å². The highest BCUT2D eigenvalue weighted by molar-refractivity contribution is 9.10. The maximum atomic E-state index is 9.74. The van der Waals surface area contributed by atoms with Gasteiger partial charge in [-0.1, -0.05) is 34.1 Å². The number of aliphatic hydroxyl groups excluding tert-OH is 1. The molecule has 0 fully saturated rings. The van der Waals surface area contributed by atoms with Crippen LogP contribution in [0.25, 0.3) is 0 Å². The predicted molar refractivity (Wildman–Crippen MR) is 88.3 cm³/mol. The van der Waals surface area contributed by atoms with Crippen molar-refractivity contribution >= 4 is 27.3 Å². The number of fused-ring (bicyclic) bond motifs is 1. The van der Waals surface area contributed by atoms with Crippen molar-refractivity contribution in [1.82, 2.24) is 0 Å². The maximum absolute atomic E-state index is 9.74. The lowest BCUT2D eigenvalue weighted by atomic mass is 10.1. The van der Waals surface area contributed by atoms with E-state index in [-0.39, 0.29) is 0 Å². The minimum Gasteiger partial charge on any atom is -0.491 e. The highest BCUT2D eigenvalue weighted by Crippen LogP contribution is 2.37. The van der Waals surface area contributed by atoms with Crippen LogP contribution in [0.1, 0.15) is 25.0 Å². The van der Waals surface area contributed by atoms with Crippen LogP contribution in [-0.4, -0.2) is 18.3 Å². The first kappa shape index (κ1) is 14.4. The summed E-state index contributed by atoms with van der Waals surface area (Å²) in [4.78, 5) is 2.26. The summed E-state index contributed by atoms with van der Waals surface area (Å²) in [7, 11) is 0. The summed E-state index contributed by atoms with van der Waals surface area (Å²) in [6.07, 6.45) is 0.498. The van der Waals surface area contributed by atoms with Gasteiger partial charge < -0.3 is 14.7 Å². The molecule has 3 rings (SSSR count). The third-order valence-electron chi connectivity index (χ3n) is 3.69. The molecule has 0 aromatic heterocycles. The Morgan fingerprint density at radius 1 is 1.24 bits per heavy atom. The molecule has 1 aliphatic heterocycles.